The van der Waals surface area contributed by atoms with Crippen molar-refractivity contribution in [1.29, 1.82) is 0 Å². The monoisotopic (exact) mass is 360 g/mol. The molecule has 0 unspecified atom stereocenters. The summed E-state index contributed by atoms with van der Waals surface area (Å²) in [5.74, 6) is -0.502. The summed E-state index contributed by atoms with van der Waals surface area (Å²) in [4.78, 5) is 34.9. The Morgan fingerprint density at radius 2 is 1.77 bits per heavy atom. The number of ether oxygens (including phenoxy) is 1. The van der Waals surface area contributed by atoms with Crippen LogP contribution in [0, 0.1) is 20.2 Å². The number of methoxy groups -OCH3 is 1. The van der Waals surface area contributed by atoms with Crippen LogP contribution in [0.5, 0.6) is 5.75 Å². The standard InChI is InChI=1S/C16H16N4O6/c1-18(2)13-7-4-10(8-14(13)20(24)25)16(21)17-12-6-5-11(19(22)23)9-15(12)26-3/h4-9H,1-3H3,(H,17,21). The summed E-state index contributed by atoms with van der Waals surface area (Å²) in [7, 11) is 4.62. The van der Waals surface area contributed by atoms with E-state index in [1.54, 1.807) is 19.0 Å². The van der Waals surface area contributed by atoms with Crippen LogP contribution in [-0.4, -0.2) is 37.0 Å². The fourth-order valence-corrected chi connectivity index (χ4v) is 2.28. The molecule has 2 rings (SSSR count). The van der Waals surface area contributed by atoms with Gasteiger partial charge in [0.05, 0.1) is 28.7 Å². The smallest absolute Gasteiger partial charge is 0.293 e. The minimum Gasteiger partial charge on any atom is -0.494 e. The first kappa shape index (κ1) is 18.6. The third-order valence-electron chi connectivity index (χ3n) is 3.56. The van der Waals surface area contributed by atoms with Gasteiger partial charge in [0.25, 0.3) is 17.3 Å². The Bertz CT molecular complexity index is 881. The van der Waals surface area contributed by atoms with Gasteiger partial charge in [0.15, 0.2) is 0 Å². The highest BCUT2D eigenvalue weighted by Crippen LogP contribution is 2.31. The highest BCUT2D eigenvalue weighted by Gasteiger charge is 2.20. The van der Waals surface area contributed by atoms with Gasteiger partial charge in [-0.1, -0.05) is 0 Å². The maximum absolute atomic E-state index is 12.4. The number of nitrogens with one attached hydrogen (secondary N) is 1. The van der Waals surface area contributed by atoms with Gasteiger partial charge in [0.1, 0.15) is 11.4 Å². The van der Waals surface area contributed by atoms with Gasteiger partial charge >= 0.3 is 0 Å². The summed E-state index contributed by atoms with van der Waals surface area (Å²) in [6.45, 7) is 0. The predicted octanol–water partition coefficient (Wildman–Crippen LogP) is 2.83. The molecular formula is C16H16N4O6. The minimum absolute atomic E-state index is 0.0719. The fraction of sp³-hybridized carbons (Fsp3) is 0.188. The zero-order chi connectivity index (χ0) is 19.4. The molecule has 0 bridgehead atoms. The van der Waals surface area contributed by atoms with Crippen molar-refractivity contribution in [2.45, 2.75) is 0 Å². The van der Waals surface area contributed by atoms with Crippen LogP contribution in [0.2, 0.25) is 0 Å². The van der Waals surface area contributed by atoms with Crippen LogP contribution in [0.25, 0.3) is 0 Å². The van der Waals surface area contributed by atoms with Crippen LogP contribution in [-0.2, 0) is 0 Å². The Morgan fingerprint density at radius 1 is 1.08 bits per heavy atom. The van der Waals surface area contributed by atoms with Crippen molar-refractivity contribution in [2.75, 3.05) is 31.4 Å². The number of rotatable bonds is 6. The molecule has 0 heterocycles. The van der Waals surface area contributed by atoms with Gasteiger partial charge in [-0.3, -0.25) is 25.0 Å². The summed E-state index contributed by atoms with van der Waals surface area (Å²) < 4.78 is 5.05. The number of anilines is 2. The molecule has 0 aliphatic carbocycles. The predicted molar refractivity (Wildman–Crippen MR) is 95.0 cm³/mol. The molecular weight excluding hydrogens is 344 g/mol. The molecule has 0 saturated heterocycles. The Labute approximate surface area is 148 Å². The van der Waals surface area contributed by atoms with Gasteiger partial charge in [0.2, 0.25) is 0 Å². The maximum atomic E-state index is 12.4. The van der Waals surface area contributed by atoms with Crippen molar-refractivity contribution < 1.29 is 19.4 Å². The number of non-ortho nitro benzene ring substituents is 1. The van der Waals surface area contributed by atoms with E-state index in [-0.39, 0.29) is 28.4 Å². The van der Waals surface area contributed by atoms with Gasteiger partial charge in [-0.05, 0) is 18.2 Å². The molecule has 0 atom stereocenters. The highest BCUT2D eigenvalue weighted by atomic mass is 16.6. The van der Waals surface area contributed by atoms with E-state index >= 15 is 0 Å². The lowest BCUT2D eigenvalue weighted by Crippen LogP contribution is -2.15. The molecule has 10 heteroatoms. The van der Waals surface area contributed by atoms with E-state index in [0.29, 0.717) is 5.69 Å². The summed E-state index contributed by atoms with van der Waals surface area (Å²) in [5, 5.41) is 24.6. The topological polar surface area (TPSA) is 128 Å². The Hall–Kier alpha value is -3.69. The van der Waals surface area contributed by atoms with Gasteiger partial charge in [0, 0.05) is 31.8 Å². The number of carbonyl (C=O) groups excluding carboxylic acids is 1. The average Bonchev–Trinajstić information content (AvgIpc) is 2.60. The molecule has 0 aliphatic rings. The van der Waals surface area contributed by atoms with Crippen LogP contribution in [0.3, 0.4) is 0 Å². The Kier molecular flexibility index (Phi) is 5.36. The zero-order valence-electron chi connectivity index (χ0n) is 14.3. The van der Waals surface area contributed by atoms with Crippen molar-refractivity contribution in [3.63, 3.8) is 0 Å². The van der Waals surface area contributed by atoms with Crippen LogP contribution >= 0.6 is 0 Å². The van der Waals surface area contributed by atoms with Crippen molar-refractivity contribution in [2.24, 2.45) is 0 Å². The van der Waals surface area contributed by atoms with E-state index in [4.69, 9.17) is 4.74 Å². The van der Waals surface area contributed by atoms with E-state index in [1.165, 1.54) is 43.5 Å². The quantitative estimate of drug-likeness (QED) is 0.619. The SMILES string of the molecule is COc1cc([N+](=O)[O-])ccc1NC(=O)c1ccc(N(C)C)c([N+](=O)[O-])c1. The lowest BCUT2D eigenvalue weighted by molar-refractivity contribution is -0.384. The first-order valence-electron chi connectivity index (χ1n) is 7.34. The number of hydrogen-bond acceptors (Lipinski definition) is 7. The van der Waals surface area contributed by atoms with E-state index in [0.717, 1.165) is 0 Å². The molecule has 0 fully saturated rings. The van der Waals surface area contributed by atoms with Gasteiger partial charge in [-0.15, -0.1) is 0 Å². The van der Waals surface area contributed by atoms with Gasteiger partial charge in [-0.25, -0.2) is 0 Å². The van der Waals surface area contributed by atoms with Gasteiger partial charge in [-0.2, -0.15) is 0 Å². The normalized spacial score (nSPS) is 10.1. The second-order valence-corrected chi connectivity index (χ2v) is 5.45. The second-order valence-electron chi connectivity index (χ2n) is 5.45. The molecule has 0 spiro atoms. The molecule has 1 amide bonds. The Morgan fingerprint density at radius 3 is 2.31 bits per heavy atom. The second kappa shape index (κ2) is 7.47. The molecule has 136 valence electrons. The molecule has 0 radical (unpaired) electrons. The molecule has 1 N–H and O–H groups in total. The van der Waals surface area contributed by atoms with Crippen LogP contribution in [0.1, 0.15) is 10.4 Å². The zero-order valence-corrected chi connectivity index (χ0v) is 14.3. The number of nitrogens with zero attached hydrogens (tertiary/aromatic N) is 3. The lowest BCUT2D eigenvalue weighted by Gasteiger charge is -2.14. The number of nitro groups is 2. The highest BCUT2D eigenvalue weighted by molar-refractivity contribution is 6.06. The van der Waals surface area contributed by atoms with Crippen molar-refractivity contribution in [3.8, 4) is 5.75 Å². The largest absolute Gasteiger partial charge is 0.494 e. The first-order chi connectivity index (χ1) is 12.2. The van der Waals surface area contributed by atoms with Crippen molar-refractivity contribution in [1.82, 2.24) is 0 Å². The summed E-state index contributed by atoms with van der Waals surface area (Å²) in [6, 6.07) is 7.82. The van der Waals surface area contributed by atoms with E-state index in [9.17, 15) is 25.0 Å². The number of nitro benzene ring substituents is 2. The Balaban J connectivity index is 2.34. The maximum Gasteiger partial charge on any atom is 0.293 e. The third kappa shape index (κ3) is 3.86. The number of benzene rings is 2. The van der Waals surface area contributed by atoms with Crippen molar-refractivity contribution in [3.05, 3.63) is 62.2 Å². The van der Waals surface area contributed by atoms with Crippen molar-refractivity contribution >= 4 is 28.7 Å². The van der Waals surface area contributed by atoms with Crippen LogP contribution in [0.15, 0.2) is 36.4 Å². The molecule has 2 aromatic rings. The first-order valence-corrected chi connectivity index (χ1v) is 7.34. The number of amides is 1. The van der Waals surface area contributed by atoms with E-state index < -0.39 is 15.8 Å². The molecule has 0 saturated carbocycles. The van der Waals surface area contributed by atoms with E-state index in [2.05, 4.69) is 5.32 Å². The van der Waals surface area contributed by atoms with E-state index in [1.807, 2.05) is 0 Å². The van der Waals surface area contributed by atoms with Crippen LogP contribution in [0.4, 0.5) is 22.7 Å². The average molecular weight is 360 g/mol. The number of hydrogen-bond donors (Lipinski definition) is 1. The van der Waals surface area contributed by atoms with Crippen LogP contribution < -0.4 is 15.0 Å². The lowest BCUT2D eigenvalue weighted by atomic mass is 10.1. The molecule has 0 aliphatic heterocycles. The number of carbonyl (C=O) groups is 1. The summed E-state index contributed by atoms with van der Waals surface area (Å²) in [5.41, 5.74) is 0.244. The third-order valence-corrected chi connectivity index (χ3v) is 3.56. The summed E-state index contributed by atoms with van der Waals surface area (Å²) in [6.07, 6.45) is 0. The molecule has 0 aromatic heterocycles. The minimum atomic E-state index is -0.606. The summed E-state index contributed by atoms with van der Waals surface area (Å²) >= 11 is 0. The molecule has 26 heavy (non-hydrogen) atoms. The molecule has 2 aromatic carbocycles. The fourth-order valence-electron chi connectivity index (χ4n) is 2.28. The molecule has 10 nitrogen and oxygen atoms in total. The van der Waals surface area contributed by atoms with Gasteiger partial charge < -0.3 is 15.0 Å².